The van der Waals surface area contributed by atoms with Crippen molar-refractivity contribution in [3.05, 3.63) is 65.2 Å². The Morgan fingerprint density at radius 2 is 1.81 bits per heavy atom. The average Bonchev–Trinajstić information content (AvgIpc) is 3.21. The van der Waals surface area contributed by atoms with Crippen LogP contribution in [0.4, 0.5) is 5.69 Å². The van der Waals surface area contributed by atoms with Crippen LogP contribution in [-0.4, -0.2) is 44.0 Å². The molecule has 0 saturated carbocycles. The molecular weight excluding hydrogens is 517 g/mol. The van der Waals surface area contributed by atoms with E-state index in [0.717, 1.165) is 36.3 Å². The number of benzene rings is 2. The molecule has 0 aromatic heterocycles. The molecule has 2 amide bonds. The van der Waals surface area contributed by atoms with E-state index in [1.807, 2.05) is 67.3 Å². The maximum atomic E-state index is 12.2. The molecule has 8 heteroatoms. The first-order valence-electron chi connectivity index (χ1n) is 10.8. The topological polar surface area (TPSA) is 85.8 Å². The Balaban J connectivity index is 0.00000363. The second-order valence-electron chi connectivity index (χ2n) is 7.56. The summed E-state index contributed by atoms with van der Waals surface area (Å²) in [6, 6.07) is 15.5. The second-order valence-corrected chi connectivity index (χ2v) is 7.56. The average molecular weight is 549 g/mol. The van der Waals surface area contributed by atoms with Gasteiger partial charge in [0.25, 0.3) is 5.91 Å². The lowest BCUT2D eigenvalue weighted by atomic mass is 10.1. The largest absolute Gasteiger partial charge is 0.357 e. The molecule has 0 unspecified atom stereocenters. The van der Waals surface area contributed by atoms with Gasteiger partial charge in [0, 0.05) is 43.9 Å². The van der Waals surface area contributed by atoms with Crippen molar-refractivity contribution in [3.63, 3.8) is 0 Å². The summed E-state index contributed by atoms with van der Waals surface area (Å²) in [6.45, 7) is 7.12. The molecule has 0 bridgehead atoms. The van der Waals surface area contributed by atoms with Gasteiger partial charge in [0.1, 0.15) is 0 Å². The SMILES string of the molecule is CCNC(=NCc1ccc(N2CCCC2=O)cc1)NCCNC(=O)c1cccc(C)c1.I. The van der Waals surface area contributed by atoms with Gasteiger partial charge in [-0.25, -0.2) is 4.99 Å². The smallest absolute Gasteiger partial charge is 0.251 e. The number of hydrogen-bond acceptors (Lipinski definition) is 3. The van der Waals surface area contributed by atoms with Gasteiger partial charge < -0.3 is 20.9 Å². The molecular formula is C24H32IN5O2. The third-order valence-corrected chi connectivity index (χ3v) is 5.07. The maximum Gasteiger partial charge on any atom is 0.251 e. The van der Waals surface area contributed by atoms with Crippen LogP contribution in [0.2, 0.25) is 0 Å². The van der Waals surface area contributed by atoms with Gasteiger partial charge in [0.15, 0.2) is 5.96 Å². The van der Waals surface area contributed by atoms with Gasteiger partial charge in [-0.1, -0.05) is 29.8 Å². The lowest BCUT2D eigenvalue weighted by molar-refractivity contribution is -0.117. The van der Waals surface area contributed by atoms with Crippen molar-refractivity contribution in [3.8, 4) is 0 Å². The fourth-order valence-electron chi connectivity index (χ4n) is 3.46. The van der Waals surface area contributed by atoms with E-state index in [2.05, 4.69) is 20.9 Å². The number of guanidine groups is 1. The Morgan fingerprint density at radius 3 is 2.47 bits per heavy atom. The highest BCUT2D eigenvalue weighted by Crippen LogP contribution is 2.21. The van der Waals surface area contributed by atoms with E-state index >= 15 is 0 Å². The third kappa shape index (κ3) is 7.51. The Bertz CT molecular complexity index is 930. The third-order valence-electron chi connectivity index (χ3n) is 5.07. The van der Waals surface area contributed by atoms with E-state index in [1.165, 1.54) is 0 Å². The van der Waals surface area contributed by atoms with Gasteiger partial charge in [0.2, 0.25) is 5.91 Å². The number of amides is 2. The highest BCUT2D eigenvalue weighted by atomic mass is 127. The summed E-state index contributed by atoms with van der Waals surface area (Å²) in [5.41, 5.74) is 3.75. The molecule has 1 aliphatic heterocycles. The number of nitrogens with zero attached hydrogens (tertiary/aromatic N) is 2. The van der Waals surface area contributed by atoms with Crippen molar-refractivity contribution < 1.29 is 9.59 Å². The number of aryl methyl sites for hydroxylation is 1. The summed E-state index contributed by atoms with van der Waals surface area (Å²) < 4.78 is 0. The number of anilines is 1. The minimum Gasteiger partial charge on any atom is -0.357 e. The zero-order valence-corrected chi connectivity index (χ0v) is 21.0. The molecule has 0 radical (unpaired) electrons. The number of nitrogens with one attached hydrogen (secondary N) is 3. The Kier molecular flexibility index (Phi) is 10.5. The van der Waals surface area contributed by atoms with E-state index in [0.29, 0.717) is 37.6 Å². The fraction of sp³-hybridized carbons (Fsp3) is 0.375. The highest BCUT2D eigenvalue weighted by molar-refractivity contribution is 14.0. The molecule has 32 heavy (non-hydrogen) atoms. The van der Waals surface area contributed by atoms with Gasteiger partial charge in [0.05, 0.1) is 6.54 Å². The van der Waals surface area contributed by atoms with Crippen LogP contribution >= 0.6 is 24.0 Å². The predicted molar refractivity (Wildman–Crippen MR) is 140 cm³/mol. The number of hydrogen-bond donors (Lipinski definition) is 3. The molecule has 1 saturated heterocycles. The number of aliphatic imine (C=N–C) groups is 1. The molecule has 1 aliphatic rings. The Morgan fingerprint density at radius 1 is 1.06 bits per heavy atom. The minimum absolute atomic E-state index is 0. The fourth-order valence-corrected chi connectivity index (χ4v) is 3.46. The molecule has 0 spiro atoms. The van der Waals surface area contributed by atoms with Crippen LogP contribution in [0.3, 0.4) is 0 Å². The van der Waals surface area contributed by atoms with E-state index in [1.54, 1.807) is 0 Å². The zero-order valence-electron chi connectivity index (χ0n) is 18.7. The summed E-state index contributed by atoms with van der Waals surface area (Å²) in [5, 5.41) is 9.38. The molecule has 1 fully saturated rings. The van der Waals surface area contributed by atoms with Crippen LogP contribution in [-0.2, 0) is 11.3 Å². The number of halogens is 1. The number of carbonyl (C=O) groups is 2. The predicted octanol–water partition coefficient (Wildman–Crippen LogP) is 3.22. The second kappa shape index (κ2) is 13.0. The van der Waals surface area contributed by atoms with E-state index < -0.39 is 0 Å². The van der Waals surface area contributed by atoms with Crippen molar-refractivity contribution in [1.29, 1.82) is 0 Å². The van der Waals surface area contributed by atoms with E-state index in [-0.39, 0.29) is 35.8 Å². The Labute approximate surface area is 207 Å². The standard InChI is InChI=1S/C24H31N5O2.HI/c1-3-25-24(27-14-13-26-23(31)20-7-4-6-18(2)16-20)28-17-19-9-11-21(12-10-19)29-15-5-8-22(29)30;/h4,6-7,9-12,16H,3,5,8,13-15,17H2,1-2H3,(H,26,31)(H2,25,27,28);1H. The van der Waals surface area contributed by atoms with Crippen molar-refractivity contribution in [2.75, 3.05) is 31.1 Å². The van der Waals surface area contributed by atoms with Gasteiger partial charge >= 0.3 is 0 Å². The van der Waals surface area contributed by atoms with Crippen LogP contribution < -0.4 is 20.9 Å². The first-order chi connectivity index (χ1) is 15.1. The van der Waals surface area contributed by atoms with E-state index in [9.17, 15) is 9.59 Å². The molecule has 0 aliphatic carbocycles. The van der Waals surface area contributed by atoms with Crippen LogP contribution in [0.25, 0.3) is 0 Å². The minimum atomic E-state index is -0.0796. The van der Waals surface area contributed by atoms with Crippen LogP contribution in [0.1, 0.15) is 41.3 Å². The summed E-state index contributed by atoms with van der Waals surface area (Å²) in [7, 11) is 0. The van der Waals surface area contributed by atoms with Gasteiger partial charge in [-0.15, -0.1) is 24.0 Å². The van der Waals surface area contributed by atoms with Gasteiger partial charge in [-0.05, 0) is 50.1 Å². The lowest BCUT2D eigenvalue weighted by Gasteiger charge is -2.16. The van der Waals surface area contributed by atoms with E-state index in [4.69, 9.17) is 0 Å². The quantitative estimate of drug-likeness (QED) is 0.204. The van der Waals surface area contributed by atoms with Crippen LogP contribution in [0.15, 0.2) is 53.5 Å². The molecule has 3 N–H and O–H groups in total. The van der Waals surface area contributed by atoms with Crippen molar-refractivity contribution in [2.45, 2.75) is 33.2 Å². The highest BCUT2D eigenvalue weighted by Gasteiger charge is 2.21. The molecule has 2 aromatic carbocycles. The van der Waals surface area contributed by atoms with Gasteiger partial charge in [-0.2, -0.15) is 0 Å². The zero-order chi connectivity index (χ0) is 22.1. The van der Waals surface area contributed by atoms with Crippen LogP contribution in [0.5, 0.6) is 0 Å². The van der Waals surface area contributed by atoms with Crippen molar-refractivity contribution in [1.82, 2.24) is 16.0 Å². The first-order valence-corrected chi connectivity index (χ1v) is 10.8. The Hall–Kier alpha value is -2.62. The molecule has 3 rings (SSSR count). The lowest BCUT2D eigenvalue weighted by Crippen LogP contribution is -2.41. The maximum absolute atomic E-state index is 12.2. The van der Waals surface area contributed by atoms with Crippen molar-refractivity contribution in [2.24, 2.45) is 4.99 Å². The summed E-state index contributed by atoms with van der Waals surface area (Å²) in [6.07, 6.45) is 1.56. The first kappa shape index (κ1) is 25.6. The van der Waals surface area contributed by atoms with Gasteiger partial charge in [-0.3, -0.25) is 9.59 Å². The molecule has 172 valence electrons. The van der Waals surface area contributed by atoms with Crippen LogP contribution in [0, 0.1) is 6.92 Å². The van der Waals surface area contributed by atoms with Crippen molar-refractivity contribution >= 4 is 47.4 Å². The molecule has 0 atom stereocenters. The summed E-state index contributed by atoms with van der Waals surface area (Å²) >= 11 is 0. The molecule has 1 heterocycles. The molecule has 2 aromatic rings. The monoisotopic (exact) mass is 549 g/mol. The normalized spacial score (nSPS) is 13.5. The molecule has 7 nitrogen and oxygen atoms in total. The number of carbonyl (C=O) groups excluding carboxylic acids is 2. The summed E-state index contributed by atoms with van der Waals surface area (Å²) in [4.78, 5) is 30.5. The number of rotatable bonds is 8. The summed E-state index contributed by atoms with van der Waals surface area (Å²) in [5.74, 6) is 0.814.